The molecule has 2 aromatic rings. The van der Waals surface area contributed by atoms with Gasteiger partial charge in [-0.1, -0.05) is 24.3 Å². The van der Waals surface area contributed by atoms with Crippen LogP contribution in [0.15, 0.2) is 42.6 Å². The molecule has 0 spiro atoms. The molecule has 2 atom stereocenters. The molecule has 1 aromatic heterocycles. The van der Waals surface area contributed by atoms with E-state index in [1.165, 1.54) is 23.6 Å². The van der Waals surface area contributed by atoms with E-state index in [1.807, 2.05) is 18.3 Å². The summed E-state index contributed by atoms with van der Waals surface area (Å²) in [6.07, 6.45) is 2.77. The molecular weight excluding hydrogens is 311 g/mol. The van der Waals surface area contributed by atoms with E-state index in [-0.39, 0.29) is 0 Å². The minimum atomic E-state index is -4.28. The lowest BCUT2D eigenvalue weighted by Crippen LogP contribution is -2.33. The Morgan fingerprint density at radius 1 is 0.958 bits per heavy atom. The fourth-order valence-electron chi connectivity index (χ4n) is 4.19. The number of benzene rings is 1. The van der Waals surface area contributed by atoms with Crippen molar-refractivity contribution < 1.29 is 13.2 Å². The van der Waals surface area contributed by atoms with Crippen molar-refractivity contribution in [1.29, 1.82) is 0 Å². The Bertz CT molecular complexity index is 738. The van der Waals surface area contributed by atoms with Crippen LogP contribution in [0.4, 0.5) is 13.2 Å². The summed E-state index contributed by atoms with van der Waals surface area (Å²) in [6.45, 7) is 0. The Morgan fingerprint density at radius 3 is 2.58 bits per heavy atom. The number of aromatic nitrogens is 1. The molecule has 1 aromatic carbocycles. The Hall–Kier alpha value is -1.84. The first kappa shape index (κ1) is 15.7. The smallest absolute Gasteiger partial charge is 0.261 e. The zero-order valence-electron chi connectivity index (χ0n) is 13.3. The van der Waals surface area contributed by atoms with Crippen LogP contribution >= 0.6 is 0 Å². The van der Waals surface area contributed by atoms with Crippen molar-refractivity contribution in [2.45, 2.75) is 44.2 Å². The lowest BCUT2D eigenvalue weighted by Gasteiger charge is -2.43. The predicted molar refractivity (Wildman–Crippen MR) is 86.4 cm³/mol. The van der Waals surface area contributed by atoms with Crippen molar-refractivity contribution in [3.8, 4) is 0 Å². The second-order valence-electron chi connectivity index (χ2n) is 6.80. The highest BCUT2D eigenvalue weighted by molar-refractivity contribution is 5.41. The first-order valence-corrected chi connectivity index (χ1v) is 8.51. The van der Waals surface area contributed by atoms with E-state index in [9.17, 15) is 13.2 Å². The van der Waals surface area contributed by atoms with Crippen LogP contribution in [0.25, 0.3) is 0 Å². The SMILES string of the molecule is FC(F)(F)c1cccc([C]2CCC2C2CCCc3cccnc32)c1. The minimum absolute atomic E-state index is 0.336. The summed E-state index contributed by atoms with van der Waals surface area (Å²) in [6, 6.07) is 9.90. The van der Waals surface area contributed by atoms with Gasteiger partial charge < -0.3 is 0 Å². The molecule has 24 heavy (non-hydrogen) atoms. The fraction of sp³-hybridized carbons (Fsp3) is 0.400. The molecule has 0 N–H and O–H groups in total. The average Bonchev–Trinajstić information content (AvgIpc) is 2.54. The highest BCUT2D eigenvalue weighted by Gasteiger charge is 2.41. The first-order valence-electron chi connectivity index (χ1n) is 8.51. The molecule has 1 heterocycles. The third kappa shape index (κ3) is 2.72. The van der Waals surface area contributed by atoms with Gasteiger partial charge in [-0.05, 0) is 61.3 Å². The van der Waals surface area contributed by atoms with E-state index in [1.54, 1.807) is 0 Å². The van der Waals surface area contributed by atoms with E-state index in [2.05, 4.69) is 11.1 Å². The number of hydrogen-bond donors (Lipinski definition) is 0. The molecule has 1 nitrogen and oxygen atoms in total. The van der Waals surface area contributed by atoms with E-state index >= 15 is 0 Å². The van der Waals surface area contributed by atoms with Gasteiger partial charge in [0.15, 0.2) is 0 Å². The van der Waals surface area contributed by atoms with Crippen molar-refractivity contribution in [1.82, 2.24) is 4.98 Å². The normalized spacial score (nSPS) is 24.3. The van der Waals surface area contributed by atoms with Crippen LogP contribution < -0.4 is 0 Å². The molecular formula is C20H19F3N. The number of fused-ring (bicyclic) bond motifs is 1. The van der Waals surface area contributed by atoms with Crippen LogP contribution in [0.5, 0.6) is 0 Å². The van der Waals surface area contributed by atoms with Crippen molar-refractivity contribution >= 4 is 0 Å². The van der Waals surface area contributed by atoms with Crippen LogP contribution in [-0.2, 0) is 12.6 Å². The second kappa shape index (κ2) is 5.91. The minimum Gasteiger partial charge on any atom is -0.261 e. The van der Waals surface area contributed by atoms with Gasteiger partial charge in [-0.3, -0.25) is 4.98 Å². The summed E-state index contributed by atoms with van der Waals surface area (Å²) in [5.74, 6) is 1.86. The molecule has 2 aliphatic rings. The highest BCUT2D eigenvalue weighted by atomic mass is 19.4. The quantitative estimate of drug-likeness (QED) is 0.703. The van der Waals surface area contributed by atoms with Gasteiger partial charge in [-0.2, -0.15) is 13.2 Å². The van der Waals surface area contributed by atoms with Gasteiger partial charge in [0.05, 0.1) is 5.56 Å². The second-order valence-corrected chi connectivity index (χ2v) is 6.80. The highest BCUT2D eigenvalue weighted by Crippen LogP contribution is 2.52. The molecule has 2 unspecified atom stereocenters. The summed E-state index contributed by atoms with van der Waals surface area (Å²) in [4.78, 5) is 4.60. The first-order chi connectivity index (χ1) is 11.5. The van der Waals surface area contributed by atoms with Gasteiger partial charge in [0.2, 0.25) is 0 Å². The molecule has 0 amide bonds. The fourth-order valence-corrected chi connectivity index (χ4v) is 4.19. The van der Waals surface area contributed by atoms with Gasteiger partial charge in [-0.15, -0.1) is 0 Å². The summed E-state index contributed by atoms with van der Waals surface area (Å²) >= 11 is 0. The predicted octanol–water partition coefficient (Wildman–Crippen LogP) is 5.55. The third-order valence-electron chi connectivity index (χ3n) is 5.46. The van der Waals surface area contributed by atoms with Gasteiger partial charge >= 0.3 is 6.18 Å². The van der Waals surface area contributed by atoms with E-state index < -0.39 is 11.7 Å². The maximum atomic E-state index is 13.0. The number of halogens is 3. The van der Waals surface area contributed by atoms with Crippen molar-refractivity contribution in [2.75, 3.05) is 0 Å². The molecule has 0 saturated heterocycles. The maximum Gasteiger partial charge on any atom is 0.416 e. The molecule has 0 bridgehead atoms. The number of hydrogen-bond acceptors (Lipinski definition) is 1. The van der Waals surface area contributed by atoms with Gasteiger partial charge in [-0.25, -0.2) is 0 Å². The zero-order chi connectivity index (χ0) is 16.7. The molecule has 0 aliphatic heterocycles. The van der Waals surface area contributed by atoms with Gasteiger partial charge in [0.1, 0.15) is 0 Å². The lowest BCUT2D eigenvalue weighted by molar-refractivity contribution is -0.137. The van der Waals surface area contributed by atoms with Crippen LogP contribution in [0.2, 0.25) is 0 Å². The zero-order valence-corrected chi connectivity index (χ0v) is 13.3. The van der Waals surface area contributed by atoms with Crippen LogP contribution in [0.1, 0.15) is 54.0 Å². The number of nitrogens with zero attached hydrogens (tertiary/aromatic N) is 1. The van der Waals surface area contributed by atoms with Crippen molar-refractivity contribution in [2.24, 2.45) is 5.92 Å². The van der Waals surface area contributed by atoms with E-state index in [0.717, 1.165) is 49.4 Å². The van der Waals surface area contributed by atoms with Gasteiger partial charge in [0, 0.05) is 23.7 Å². The standard InChI is InChI=1S/C20H19F3N/c21-20(22,23)15-7-1-5-14(12-15)16-9-10-17(16)18-8-2-4-13-6-3-11-24-19(13)18/h1,3,5-7,11-12,17-18H,2,4,8-10H2. The number of alkyl halides is 3. The largest absolute Gasteiger partial charge is 0.416 e. The average molecular weight is 330 g/mol. The summed E-state index contributed by atoms with van der Waals surface area (Å²) in [7, 11) is 0. The van der Waals surface area contributed by atoms with Crippen LogP contribution in [0, 0.1) is 11.8 Å². The molecule has 2 aliphatic carbocycles. The van der Waals surface area contributed by atoms with E-state index in [0.29, 0.717) is 11.8 Å². The monoisotopic (exact) mass is 330 g/mol. The topological polar surface area (TPSA) is 12.9 Å². The maximum absolute atomic E-state index is 13.0. The van der Waals surface area contributed by atoms with Crippen LogP contribution in [-0.4, -0.2) is 4.98 Å². The number of rotatable bonds is 2. The summed E-state index contributed by atoms with van der Waals surface area (Å²) in [5, 5.41) is 0. The van der Waals surface area contributed by atoms with E-state index in [4.69, 9.17) is 0 Å². The Morgan fingerprint density at radius 2 is 1.83 bits per heavy atom. The molecule has 1 saturated carbocycles. The van der Waals surface area contributed by atoms with Crippen LogP contribution in [0.3, 0.4) is 0 Å². The Kier molecular flexibility index (Phi) is 3.86. The number of aryl methyl sites for hydroxylation is 1. The molecule has 4 heteroatoms. The molecule has 1 radical (unpaired) electrons. The summed E-state index contributed by atoms with van der Waals surface area (Å²) in [5.41, 5.74) is 2.67. The van der Waals surface area contributed by atoms with Crippen molar-refractivity contribution in [3.05, 3.63) is 70.9 Å². The third-order valence-corrected chi connectivity index (χ3v) is 5.46. The van der Waals surface area contributed by atoms with Gasteiger partial charge in [0.25, 0.3) is 0 Å². The lowest BCUT2D eigenvalue weighted by atomic mass is 9.61. The summed E-state index contributed by atoms with van der Waals surface area (Å²) < 4.78 is 38.9. The molecule has 125 valence electrons. The number of pyridine rings is 1. The Balaban J connectivity index is 1.62. The Labute approximate surface area is 139 Å². The molecule has 4 rings (SSSR count). The van der Waals surface area contributed by atoms with Crippen molar-refractivity contribution in [3.63, 3.8) is 0 Å². The molecule has 1 fully saturated rings.